The monoisotopic (exact) mass is 439 g/mol. The van der Waals surface area contributed by atoms with E-state index < -0.39 is 0 Å². The zero-order valence-corrected chi connectivity index (χ0v) is 18.9. The molecule has 0 bridgehead atoms. The normalized spacial score (nSPS) is 15.5. The summed E-state index contributed by atoms with van der Waals surface area (Å²) in [5.74, 6) is 1.35. The van der Waals surface area contributed by atoms with E-state index in [1.165, 1.54) is 0 Å². The zero-order valence-electron chi connectivity index (χ0n) is 18.2. The highest BCUT2D eigenvalue weighted by atomic mass is 35.5. The van der Waals surface area contributed by atoms with E-state index in [0.29, 0.717) is 23.1 Å². The van der Waals surface area contributed by atoms with Gasteiger partial charge in [0.1, 0.15) is 6.54 Å². The molecule has 0 saturated carbocycles. The number of hydrogen-bond donors (Lipinski definition) is 0. The van der Waals surface area contributed by atoms with Crippen molar-refractivity contribution in [2.24, 2.45) is 0 Å². The highest BCUT2D eigenvalue weighted by molar-refractivity contribution is 6.31. The Labute approximate surface area is 187 Å². The third-order valence-corrected chi connectivity index (χ3v) is 6.43. The molecule has 1 aromatic heterocycles. The molecule has 0 N–H and O–H groups in total. The lowest BCUT2D eigenvalue weighted by Crippen LogP contribution is -2.42. The van der Waals surface area contributed by atoms with E-state index in [2.05, 4.69) is 17.2 Å². The number of fused-ring (bicyclic) bond motifs is 1. The number of carbonyl (C=O) groups is 1. The van der Waals surface area contributed by atoms with Gasteiger partial charge in [0.2, 0.25) is 5.91 Å². The molecule has 0 fully saturated rings. The minimum Gasteiger partial charge on any atom is -0.493 e. The van der Waals surface area contributed by atoms with Crippen molar-refractivity contribution in [2.75, 3.05) is 20.8 Å². The zero-order chi connectivity index (χ0) is 22.1. The van der Waals surface area contributed by atoms with Crippen LogP contribution in [0.15, 0.2) is 42.5 Å². The van der Waals surface area contributed by atoms with Gasteiger partial charge in [0.05, 0.1) is 36.7 Å². The number of ether oxygens (including phenoxy) is 2. The van der Waals surface area contributed by atoms with Crippen molar-refractivity contribution < 1.29 is 14.3 Å². The summed E-state index contributed by atoms with van der Waals surface area (Å²) >= 11 is 6.29. The average Bonchev–Trinajstić information content (AvgIpc) is 3.04. The van der Waals surface area contributed by atoms with E-state index in [1.807, 2.05) is 49.1 Å². The van der Waals surface area contributed by atoms with Crippen molar-refractivity contribution >= 4 is 17.5 Å². The van der Waals surface area contributed by atoms with Gasteiger partial charge in [0.25, 0.3) is 0 Å². The molecule has 7 heteroatoms. The first kappa shape index (κ1) is 21.2. The SMILES string of the molecule is COc1cc2c(cc1OC)C(c1ccccc1)N(C(=O)Cn1nc(C)c(Cl)c1C)CC2. The number of carbonyl (C=O) groups excluding carboxylic acids is 1. The molecule has 0 aliphatic carbocycles. The van der Waals surface area contributed by atoms with Crippen LogP contribution in [0.2, 0.25) is 5.02 Å². The van der Waals surface area contributed by atoms with E-state index >= 15 is 0 Å². The summed E-state index contributed by atoms with van der Waals surface area (Å²) in [6.45, 7) is 4.48. The topological polar surface area (TPSA) is 56.6 Å². The van der Waals surface area contributed by atoms with Gasteiger partial charge in [-0.25, -0.2) is 0 Å². The second-order valence-corrected chi connectivity index (χ2v) is 8.08. The maximum Gasteiger partial charge on any atom is 0.245 e. The van der Waals surface area contributed by atoms with Gasteiger partial charge in [-0.05, 0) is 49.1 Å². The largest absolute Gasteiger partial charge is 0.493 e. The summed E-state index contributed by atoms with van der Waals surface area (Å²) < 4.78 is 12.7. The van der Waals surface area contributed by atoms with Crippen LogP contribution >= 0.6 is 11.6 Å². The van der Waals surface area contributed by atoms with Gasteiger partial charge in [-0.15, -0.1) is 0 Å². The number of hydrogen-bond acceptors (Lipinski definition) is 4. The van der Waals surface area contributed by atoms with Crippen LogP contribution in [-0.2, 0) is 17.8 Å². The molecular formula is C24H26ClN3O3. The van der Waals surface area contributed by atoms with Crippen molar-refractivity contribution in [3.63, 3.8) is 0 Å². The van der Waals surface area contributed by atoms with E-state index in [4.69, 9.17) is 21.1 Å². The molecule has 162 valence electrons. The third kappa shape index (κ3) is 3.88. The number of aryl methyl sites for hydroxylation is 1. The summed E-state index contributed by atoms with van der Waals surface area (Å²) in [6, 6.07) is 13.9. The van der Waals surface area contributed by atoms with Crippen LogP contribution in [-0.4, -0.2) is 41.4 Å². The molecule has 3 aromatic rings. The van der Waals surface area contributed by atoms with Gasteiger partial charge in [-0.1, -0.05) is 41.9 Å². The summed E-state index contributed by atoms with van der Waals surface area (Å²) in [4.78, 5) is 15.4. The molecule has 2 aromatic carbocycles. The quantitative estimate of drug-likeness (QED) is 0.593. The van der Waals surface area contributed by atoms with Crippen LogP contribution in [0.25, 0.3) is 0 Å². The fourth-order valence-electron chi connectivity index (χ4n) is 4.26. The van der Waals surface area contributed by atoms with E-state index in [-0.39, 0.29) is 18.5 Å². The van der Waals surface area contributed by atoms with Gasteiger partial charge in [0.15, 0.2) is 11.5 Å². The number of amides is 1. The van der Waals surface area contributed by atoms with Crippen LogP contribution < -0.4 is 9.47 Å². The van der Waals surface area contributed by atoms with E-state index in [9.17, 15) is 4.79 Å². The maximum atomic E-state index is 13.5. The summed E-state index contributed by atoms with van der Waals surface area (Å²) in [5, 5.41) is 5.04. The molecule has 6 nitrogen and oxygen atoms in total. The maximum absolute atomic E-state index is 13.5. The lowest BCUT2D eigenvalue weighted by molar-refractivity contribution is -0.134. The summed E-state index contributed by atoms with van der Waals surface area (Å²) in [5.41, 5.74) is 4.79. The highest BCUT2D eigenvalue weighted by Crippen LogP contribution is 2.41. The minimum absolute atomic E-state index is 0.00319. The molecule has 2 heterocycles. The number of methoxy groups -OCH3 is 2. The Kier molecular flexibility index (Phi) is 5.92. The van der Waals surface area contributed by atoms with Gasteiger partial charge in [-0.3, -0.25) is 9.48 Å². The molecule has 0 saturated heterocycles. The molecule has 0 radical (unpaired) electrons. The van der Waals surface area contributed by atoms with Crippen LogP contribution in [0.5, 0.6) is 11.5 Å². The molecule has 0 spiro atoms. The predicted molar refractivity (Wildman–Crippen MR) is 120 cm³/mol. The standard InChI is InChI=1S/C24H26ClN3O3/c1-15-23(25)16(2)28(26-15)14-22(29)27-11-10-18-12-20(30-3)21(31-4)13-19(18)24(27)17-8-6-5-7-9-17/h5-9,12-13,24H,10-11,14H2,1-4H3. The van der Waals surface area contributed by atoms with Gasteiger partial charge in [0, 0.05) is 6.54 Å². The van der Waals surface area contributed by atoms with Crippen molar-refractivity contribution in [3.05, 3.63) is 75.6 Å². The average molecular weight is 440 g/mol. The second-order valence-electron chi connectivity index (χ2n) is 7.70. The lowest BCUT2D eigenvalue weighted by Gasteiger charge is -2.38. The van der Waals surface area contributed by atoms with Gasteiger partial charge in [-0.2, -0.15) is 5.10 Å². The molecule has 1 aliphatic heterocycles. The molecule has 1 unspecified atom stereocenters. The third-order valence-electron chi connectivity index (χ3n) is 5.89. The smallest absolute Gasteiger partial charge is 0.245 e. The van der Waals surface area contributed by atoms with E-state index in [1.54, 1.807) is 18.9 Å². The molecule has 31 heavy (non-hydrogen) atoms. The first-order valence-electron chi connectivity index (χ1n) is 10.2. The predicted octanol–water partition coefficient (Wildman–Crippen LogP) is 4.34. The molecule has 1 amide bonds. The van der Waals surface area contributed by atoms with Crippen LogP contribution in [0, 0.1) is 13.8 Å². The van der Waals surface area contributed by atoms with E-state index in [0.717, 1.165) is 34.5 Å². The molecule has 4 rings (SSSR count). The first-order chi connectivity index (χ1) is 14.9. The van der Waals surface area contributed by atoms with Gasteiger partial charge >= 0.3 is 0 Å². The lowest BCUT2D eigenvalue weighted by atomic mass is 9.87. The fourth-order valence-corrected chi connectivity index (χ4v) is 4.39. The Hall–Kier alpha value is -2.99. The minimum atomic E-state index is -0.218. The highest BCUT2D eigenvalue weighted by Gasteiger charge is 2.33. The summed E-state index contributed by atoms with van der Waals surface area (Å²) in [6.07, 6.45) is 0.739. The van der Waals surface area contributed by atoms with Crippen molar-refractivity contribution in [1.29, 1.82) is 0 Å². The Bertz CT molecular complexity index is 1110. The number of benzene rings is 2. The molecular weight excluding hydrogens is 414 g/mol. The van der Waals surface area contributed by atoms with Crippen LogP contribution in [0.4, 0.5) is 0 Å². The number of aromatic nitrogens is 2. The number of halogens is 1. The Morgan fingerprint density at radius 2 is 1.81 bits per heavy atom. The Morgan fingerprint density at radius 1 is 1.13 bits per heavy atom. The van der Waals surface area contributed by atoms with Crippen molar-refractivity contribution in [3.8, 4) is 11.5 Å². The molecule has 1 aliphatic rings. The van der Waals surface area contributed by atoms with Crippen molar-refractivity contribution in [1.82, 2.24) is 14.7 Å². The van der Waals surface area contributed by atoms with Crippen LogP contribution in [0.1, 0.15) is 34.1 Å². The molecule has 1 atom stereocenters. The second kappa shape index (κ2) is 8.63. The van der Waals surface area contributed by atoms with Gasteiger partial charge < -0.3 is 14.4 Å². The van der Waals surface area contributed by atoms with Crippen LogP contribution in [0.3, 0.4) is 0 Å². The Balaban J connectivity index is 1.76. The Morgan fingerprint density at radius 3 is 2.42 bits per heavy atom. The number of rotatable bonds is 5. The first-order valence-corrected chi connectivity index (χ1v) is 10.6. The van der Waals surface area contributed by atoms with Crippen molar-refractivity contribution in [2.45, 2.75) is 32.9 Å². The summed E-state index contributed by atoms with van der Waals surface area (Å²) in [7, 11) is 3.26. The fraction of sp³-hybridized carbons (Fsp3) is 0.333. The number of nitrogens with zero attached hydrogens (tertiary/aromatic N) is 3.